The van der Waals surface area contributed by atoms with E-state index in [1.807, 2.05) is 0 Å². The molecule has 1 aromatic carbocycles. The van der Waals surface area contributed by atoms with Gasteiger partial charge in [0.15, 0.2) is 0 Å². The molecule has 0 unspecified atom stereocenters. The van der Waals surface area contributed by atoms with Crippen molar-refractivity contribution in [3.63, 3.8) is 0 Å². The van der Waals surface area contributed by atoms with Gasteiger partial charge in [-0.3, -0.25) is 16.1 Å². The lowest BCUT2D eigenvalue weighted by molar-refractivity contribution is 0.173. The van der Waals surface area contributed by atoms with E-state index >= 15 is 0 Å². The van der Waals surface area contributed by atoms with Crippen LogP contribution in [0.1, 0.15) is 18.1 Å². The Morgan fingerprint density at radius 3 is 2.33 bits per heavy atom. The molecule has 0 saturated heterocycles. The lowest BCUT2D eigenvalue weighted by Crippen LogP contribution is -2.20. The maximum Gasteiger partial charge on any atom is 0.126 e. The highest BCUT2D eigenvalue weighted by Gasteiger charge is 2.12. The largest absolute Gasteiger partial charge is 0.388 e. The van der Waals surface area contributed by atoms with Crippen LogP contribution < -0.4 is 5.48 Å². The van der Waals surface area contributed by atoms with Crippen LogP contribution in [0.2, 0.25) is 0 Å². The van der Waals surface area contributed by atoms with Crippen LogP contribution in [-0.2, 0) is 0 Å². The third-order valence-corrected chi connectivity index (χ3v) is 1.80. The standard InChI is InChI=1S/C9H10F2N2O2/c10-6-1-5(2-7(11)3-6)8(14)4-9(12)13-15/h1-3,8,14-15H,4H2,(H2,12,13)/t8-/m0/s1. The van der Waals surface area contributed by atoms with Gasteiger partial charge >= 0.3 is 0 Å². The predicted molar refractivity (Wildman–Crippen MR) is 48.6 cm³/mol. The number of hydrogen-bond acceptors (Lipinski definition) is 3. The van der Waals surface area contributed by atoms with Gasteiger partial charge in [0.25, 0.3) is 0 Å². The SMILES string of the molecule is N=C(C[C@H](O)c1cc(F)cc(F)c1)NO. The van der Waals surface area contributed by atoms with Crippen molar-refractivity contribution in [2.45, 2.75) is 12.5 Å². The van der Waals surface area contributed by atoms with Gasteiger partial charge in [-0.05, 0) is 17.7 Å². The normalized spacial score (nSPS) is 12.3. The summed E-state index contributed by atoms with van der Waals surface area (Å²) in [4.78, 5) is 0. The van der Waals surface area contributed by atoms with E-state index in [4.69, 9.17) is 10.6 Å². The van der Waals surface area contributed by atoms with Crippen molar-refractivity contribution in [3.05, 3.63) is 35.4 Å². The van der Waals surface area contributed by atoms with Gasteiger partial charge in [-0.25, -0.2) is 8.78 Å². The maximum absolute atomic E-state index is 12.7. The van der Waals surface area contributed by atoms with Crippen LogP contribution in [0.4, 0.5) is 8.78 Å². The zero-order valence-corrected chi connectivity index (χ0v) is 7.67. The van der Waals surface area contributed by atoms with Crippen molar-refractivity contribution in [2.75, 3.05) is 0 Å². The zero-order valence-electron chi connectivity index (χ0n) is 7.67. The molecule has 0 spiro atoms. The van der Waals surface area contributed by atoms with Crippen molar-refractivity contribution < 1.29 is 19.1 Å². The topological polar surface area (TPSA) is 76.3 Å². The second-order valence-corrected chi connectivity index (χ2v) is 3.01. The molecule has 82 valence electrons. The fourth-order valence-electron chi connectivity index (χ4n) is 1.12. The summed E-state index contributed by atoms with van der Waals surface area (Å²) in [5.41, 5.74) is 1.55. The second-order valence-electron chi connectivity index (χ2n) is 3.01. The van der Waals surface area contributed by atoms with Gasteiger partial charge in [0.1, 0.15) is 17.5 Å². The molecule has 0 radical (unpaired) electrons. The molecule has 0 fully saturated rings. The van der Waals surface area contributed by atoms with Crippen LogP contribution in [0, 0.1) is 17.0 Å². The number of rotatable bonds is 3. The summed E-state index contributed by atoms with van der Waals surface area (Å²) >= 11 is 0. The Morgan fingerprint density at radius 1 is 1.33 bits per heavy atom. The smallest absolute Gasteiger partial charge is 0.126 e. The molecule has 1 aromatic rings. The average Bonchev–Trinajstić information content (AvgIpc) is 2.16. The van der Waals surface area contributed by atoms with Crippen LogP contribution in [0.15, 0.2) is 18.2 Å². The quantitative estimate of drug-likeness (QED) is 0.350. The Morgan fingerprint density at radius 2 is 1.87 bits per heavy atom. The first-order valence-electron chi connectivity index (χ1n) is 4.14. The summed E-state index contributed by atoms with van der Waals surface area (Å²) in [5, 5.41) is 24.8. The van der Waals surface area contributed by atoms with Gasteiger partial charge in [0.05, 0.1) is 6.10 Å². The monoisotopic (exact) mass is 216 g/mol. The van der Waals surface area contributed by atoms with Crippen molar-refractivity contribution in [3.8, 4) is 0 Å². The van der Waals surface area contributed by atoms with Crippen molar-refractivity contribution >= 4 is 5.84 Å². The van der Waals surface area contributed by atoms with Gasteiger partial charge in [-0.1, -0.05) is 0 Å². The van der Waals surface area contributed by atoms with E-state index in [1.54, 1.807) is 0 Å². The van der Waals surface area contributed by atoms with Crippen molar-refractivity contribution in [2.24, 2.45) is 0 Å². The highest BCUT2D eigenvalue weighted by Crippen LogP contribution is 2.18. The molecule has 0 aliphatic heterocycles. The molecule has 0 aliphatic carbocycles. The molecule has 4 N–H and O–H groups in total. The first kappa shape index (κ1) is 11.5. The number of amidine groups is 1. The van der Waals surface area contributed by atoms with Crippen LogP contribution >= 0.6 is 0 Å². The summed E-state index contributed by atoms with van der Waals surface area (Å²) in [6, 6.07) is 2.63. The first-order valence-corrected chi connectivity index (χ1v) is 4.14. The van der Waals surface area contributed by atoms with Gasteiger partial charge < -0.3 is 5.11 Å². The van der Waals surface area contributed by atoms with Gasteiger partial charge in [-0.2, -0.15) is 0 Å². The third-order valence-electron chi connectivity index (χ3n) is 1.80. The molecule has 15 heavy (non-hydrogen) atoms. The van der Waals surface area contributed by atoms with Crippen molar-refractivity contribution in [1.82, 2.24) is 5.48 Å². The molecule has 0 heterocycles. The predicted octanol–water partition coefficient (Wildman–Crippen LogP) is 1.34. The molecule has 0 aromatic heterocycles. The van der Waals surface area contributed by atoms with E-state index < -0.39 is 17.7 Å². The van der Waals surface area contributed by atoms with Crippen LogP contribution in [0.3, 0.4) is 0 Å². The van der Waals surface area contributed by atoms with E-state index in [9.17, 15) is 13.9 Å². The van der Waals surface area contributed by atoms with Crippen molar-refractivity contribution in [1.29, 1.82) is 5.41 Å². The molecule has 0 amide bonds. The molecule has 1 atom stereocenters. The van der Waals surface area contributed by atoms with Gasteiger partial charge in [0, 0.05) is 12.5 Å². The lowest BCUT2D eigenvalue weighted by atomic mass is 10.1. The summed E-state index contributed by atoms with van der Waals surface area (Å²) in [6.45, 7) is 0. The lowest BCUT2D eigenvalue weighted by Gasteiger charge is -2.11. The van der Waals surface area contributed by atoms with Crippen LogP contribution in [0.25, 0.3) is 0 Å². The Kier molecular flexibility index (Phi) is 3.70. The van der Waals surface area contributed by atoms with E-state index in [-0.39, 0.29) is 17.8 Å². The van der Waals surface area contributed by atoms with E-state index in [2.05, 4.69) is 0 Å². The molecule has 0 aliphatic rings. The molecule has 6 heteroatoms. The summed E-state index contributed by atoms with van der Waals surface area (Å²) in [7, 11) is 0. The number of hydroxylamine groups is 1. The highest BCUT2D eigenvalue weighted by atomic mass is 19.1. The Bertz CT molecular complexity index is 351. The summed E-state index contributed by atoms with van der Waals surface area (Å²) in [6.07, 6.45) is -1.48. The molecule has 1 rings (SSSR count). The second kappa shape index (κ2) is 4.81. The number of benzene rings is 1. The highest BCUT2D eigenvalue weighted by molar-refractivity contribution is 5.78. The van der Waals surface area contributed by atoms with E-state index in [0.717, 1.165) is 12.1 Å². The molecular formula is C9H10F2N2O2. The maximum atomic E-state index is 12.7. The number of aliphatic hydroxyl groups is 1. The van der Waals surface area contributed by atoms with Gasteiger partial charge in [0.2, 0.25) is 0 Å². The van der Waals surface area contributed by atoms with E-state index in [1.165, 1.54) is 5.48 Å². The number of hydrogen-bond donors (Lipinski definition) is 4. The van der Waals surface area contributed by atoms with Crippen LogP contribution in [-0.4, -0.2) is 16.1 Å². The Hall–Kier alpha value is -1.53. The zero-order chi connectivity index (χ0) is 11.4. The fourth-order valence-corrected chi connectivity index (χ4v) is 1.12. The molecule has 4 nitrogen and oxygen atoms in total. The summed E-state index contributed by atoms with van der Waals surface area (Å²) < 4.78 is 25.5. The Balaban J connectivity index is 2.81. The number of halogens is 2. The number of nitrogens with one attached hydrogen (secondary N) is 2. The minimum atomic E-state index is -1.23. The first-order chi connectivity index (χ1) is 7.02. The number of aliphatic hydroxyl groups excluding tert-OH is 1. The average molecular weight is 216 g/mol. The van der Waals surface area contributed by atoms with E-state index in [0.29, 0.717) is 6.07 Å². The minimum absolute atomic E-state index is 0.0208. The minimum Gasteiger partial charge on any atom is -0.388 e. The van der Waals surface area contributed by atoms with Gasteiger partial charge in [-0.15, -0.1) is 0 Å². The molecule has 0 bridgehead atoms. The van der Waals surface area contributed by atoms with Crippen LogP contribution in [0.5, 0.6) is 0 Å². The third kappa shape index (κ3) is 3.26. The summed E-state index contributed by atoms with van der Waals surface area (Å²) in [5.74, 6) is -1.94. The Labute approximate surface area is 84.6 Å². The molecule has 0 saturated carbocycles. The fraction of sp³-hybridized carbons (Fsp3) is 0.222. The molecular weight excluding hydrogens is 206 g/mol.